The van der Waals surface area contributed by atoms with Gasteiger partial charge in [-0.1, -0.05) is 48.5 Å². The van der Waals surface area contributed by atoms with Gasteiger partial charge in [0.1, 0.15) is 0 Å². The quantitative estimate of drug-likeness (QED) is 0.837. The third-order valence-electron chi connectivity index (χ3n) is 3.94. The van der Waals surface area contributed by atoms with E-state index in [1.807, 2.05) is 0 Å². The van der Waals surface area contributed by atoms with Crippen LogP contribution < -0.4 is 10.6 Å². The van der Waals surface area contributed by atoms with Gasteiger partial charge in [-0.05, 0) is 43.9 Å². The molecule has 2 aromatic carbocycles. The summed E-state index contributed by atoms with van der Waals surface area (Å²) < 4.78 is 0. The Balaban J connectivity index is 1.91. The van der Waals surface area contributed by atoms with Gasteiger partial charge in [0.15, 0.2) is 0 Å². The van der Waals surface area contributed by atoms with Crippen molar-refractivity contribution in [1.29, 1.82) is 0 Å². The van der Waals surface area contributed by atoms with E-state index < -0.39 is 0 Å². The van der Waals surface area contributed by atoms with E-state index in [1.54, 1.807) is 0 Å². The molecule has 0 aromatic heterocycles. The maximum Gasteiger partial charge on any atom is 0.0396 e. The summed E-state index contributed by atoms with van der Waals surface area (Å²) in [6, 6.07) is 19.3. The largest absolute Gasteiger partial charge is 0.370 e. The van der Waals surface area contributed by atoms with E-state index in [0.717, 1.165) is 25.9 Å². The smallest absolute Gasteiger partial charge is 0.0396 e. The van der Waals surface area contributed by atoms with Gasteiger partial charge in [-0.2, -0.15) is 0 Å². The number of hydrogen-bond acceptors (Lipinski definition) is 2. The van der Waals surface area contributed by atoms with Crippen LogP contribution in [0.25, 0.3) is 0 Å². The molecule has 1 unspecified atom stereocenters. The summed E-state index contributed by atoms with van der Waals surface area (Å²) in [4.78, 5) is 2.38. The SMILES string of the molecule is CCN(CC(N)CCc1ccccc1)c1ccccc1C. The summed E-state index contributed by atoms with van der Waals surface area (Å²) in [6.45, 7) is 6.25. The van der Waals surface area contributed by atoms with Crippen LogP contribution in [0.5, 0.6) is 0 Å². The van der Waals surface area contributed by atoms with Gasteiger partial charge in [0.05, 0.1) is 0 Å². The first-order valence-electron chi connectivity index (χ1n) is 7.80. The highest BCUT2D eigenvalue weighted by molar-refractivity contribution is 5.52. The monoisotopic (exact) mass is 282 g/mol. The van der Waals surface area contributed by atoms with Gasteiger partial charge in [-0.25, -0.2) is 0 Å². The number of aryl methyl sites for hydroxylation is 2. The number of nitrogens with zero attached hydrogens (tertiary/aromatic N) is 1. The minimum absolute atomic E-state index is 0.199. The fourth-order valence-corrected chi connectivity index (χ4v) is 2.69. The molecular weight excluding hydrogens is 256 g/mol. The van der Waals surface area contributed by atoms with Crippen LogP contribution in [0, 0.1) is 6.92 Å². The van der Waals surface area contributed by atoms with Crippen LogP contribution in [0.2, 0.25) is 0 Å². The molecule has 2 N–H and O–H groups in total. The number of rotatable bonds is 7. The van der Waals surface area contributed by atoms with Crippen molar-refractivity contribution < 1.29 is 0 Å². The van der Waals surface area contributed by atoms with Crippen molar-refractivity contribution >= 4 is 5.69 Å². The van der Waals surface area contributed by atoms with Crippen LogP contribution in [-0.4, -0.2) is 19.1 Å². The van der Waals surface area contributed by atoms with Crippen LogP contribution >= 0.6 is 0 Å². The zero-order valence-corrected chi connectivity index (χ0v) is 13.1. The molecule has 0 aliphatic rings. The average molecular weight is 282 g/mol. The van der Waals surface area contributed by atoms with Gasteiger partial charge >= 0.3 is 0 Å². The van der Waals surface area contributed by atoms with Crippen molar-refractivity contribution in [2.75, 3.05) is 18.0 Å². The van der Waals surface area contributed by atoms with E-state index in [2.05, 4.69) is 73.3 Å². The third-order valence-corrected chi connectivity index (χ3v) is 3.94. The number of likely N-dealkylation sites (N-methyl/N-ethyl adjacent to an activating group) is 1. The summed E-state index contributed by atoms with van der Waals surface area (Å²) in [7, 11) is 0. The molecule has 0 saturated carbocycles. The fraction of sp³-hybridized carbons (Fsp3) is 0.368. The van der Waals surface area contributed by atoms with E-state index in [-0.39, 0.29) is 6.04 Å². The second-order valence-corrected chi connectivity index (χ2v) is 5.61. The topological polar surface area (TPSA) is 29.3 Å². The van der Waals surface area contributed by atoms with Crippen molar-refractivity contribution in [1.82, 2.24) is 0 Å². The molecule has 0 fully saturated rings. The van der Waals surface area contributed by atoms with Crippen molar-refractivity contribution in [2.45, 2.75) is 32.7 Å². The van der Waals surface area contributed by atoms with Crippen LogP contribution in [0.15, 0.2) is 54.6 Å². The Morgan fingerprint density at radius 1 is 1.00 bits per heavy atom. The molecule has 112 valence electrons. The third kappa shape index (κ3) is 4.61. The summed E-state index contributed by atoms with van der Waals surface area (Å²) in [5.74, 6) is 0. The maximum absolute atomic E-state index is 6.34. The minimum atomic E-state index is 0.199. The lowest BCUT2D eigenvalue weighted by Gasteiger charge is -2.28. The van der Waals surface area contributed by atoms with Crippen molar-refractivity contribution in [3.8, 4) is 0 Å². The molecule has 2 rings (SSSR count). The summed E-state index contributed by atoms with van der Waals surface area (Å²) in [5.41, 5.74) is 10.3. The molecule has 2 heteroatoms. The first kappa shape index (κ1) is 15.6. The lowest BCUT2D eigenvalue weighted by molar-refractivity contribution is 0.593. The molecular formula is C19H26N2. The molecule has 0 amide bonds. The molecule has 0 saturated heterocycles. The maximum atomic E-state index is 6.34. The predicted molar refractivity (Wildman–Crippen MR) is 91.8 cm³/mol. The number of benzene rings is 2. The van der Waals surface area contributed by atoms with Gasteiger partial charge in [-0.15, -0.1) is 0 Å². The van der Waals surface area contributed by atoms with Crippen LogP contribution in [0.4, 0.5) is 5.69 Å². The molecule has 0 spiro atoms. The Hall–Kier alpha value is -1.80. The van der Waals surface area contributed by atoms with Crippen LogP contribution in [0.1, 0.15) is 24.5 Å². The van der Waals surface area contributed by atoms with Crippen molar-refractivity contribution in [3.05, 3.63) is 65.7 Å². The lowest BCUT2D eigenvalue weighted by atomic mass is 10.0. The molecule has 0 aliphatic heterocycles. The summed E-state index contributed by atoms with van der Waals surface area (Å²) in [5, 5.41) is 0. The second kappa shape index (κ2) is 7.84. The summed E-state index contributed by atoms with van der Waals surface area (Å²) in [6.07, 6.45) is 2.07. The van der Waals surface area contributed by atoms with Crippen LogP contribution in [0.3, 0.4) is 0 Å². The molecule has 1 atom stereocenters. The van der Waals surface area contributed by atoms with Gasteiger partial charge < -0.3 is 10.6 Å². The molecule has 0 aliphatic carbocycles. The fourth-order valence-electron chi connectivity index (χ4n) is 2.69. The van der Waals surface area contributed by atoms with E-state index >= 15 is 0 Å². The van der Waals surface area contributed by atoms with Crippen molar-refractivity contribution in [3.63, 3.8) is 0 Å². The standard InChI is InChI=1S/C19H26N2/c1-3-21(19-12-8-7-9-16(19)2)15-18(20)14-13-17-10-5-4-6-11-17/h4-12,18H,3,13-15,20H2,1-2H3. The zero-order chi connectivity index (χ0) is 15.1. The van der Waals surface area contributed by atoms with E-state index in [9.17, 15) is 0 Å². The van der Waals surface area contributed by atoms with Gasteiger partial charge in [-0.3, -0.25) is 0 Å². The van der Waals surface area contributed by atoms with E-state index in [0.29, 0.717) is 0 Å². The number of nitrogens with two attached hydrogens (primary N) is 1. The first-order valence-corrected chi connectivity index (χ1v) is 7.80. The lowest BCUT2D eigenvalue weighted by Crippen LogP contribution is -2.38. The second-order valence-electron chi connectivity index (χ2n) is 5.61. The number of para-hydroxylation sites is 1. The van der Waals surface area contributed by atoms with Gasteiger partial charge in [0.2, 0.25) is 0 Å². The van der Waals surface area contributed by atoms with Crippen molar-refractivity contribution in [2.24, 2.45) is 5.73 Å². The molecule has 2 nitrogen and oxygen atoms in total. The Morgan fingerprint density at radius 3 is 2.33 bits per heavy atom. The Morgan fingerprint density at radius 2 is 1.67 bits per heavy atom. The van der Waals surface area contributed by atoms with E-state index in [4.69, 9.17) is 5.73 Å². The average Bonchev–Trinajstić information content (AvgIpc) is 2.52. The Kier molecular flexibility index (Phi) is 5.82. The van der Waals surface area contributed by atoms with Gasteiger partial charge in [0, 0.05) is 24.8 Å². The highest BCUT2D eigenvalue weighted by Crippen LogP contribution is 2.19. The zero-order valence-electron chi connectivity index (χ0n) is 13.1. The normalized spacial score (nSPS) is 12.1. The molecule has 0 bridgehead atoms. The minimum Gasteiger partial charge on any atom is -0.370 e. The van der Waals surface area contributed by atoms with Crippen LogP contribution in [-0.2, 0) is 6.42 Å². The number of hydrogen-bond donors (Lipinski definition) is 1. The first-order chi connectivity index (χ1) is 10.2. The number of anilines is 1. The summed E-state index contributed by atoms with van der Waals surface area (Å²) >= 11 is 0. The Bertz CT molecular complexity index is 536. The molecule has 0 radical (unpaired) electrons. The molecule has 2 aromatic rings. The predicted octanol–water partition coefficient (Wildman–Crippen LogP) is 3.78. The van der Waals surface area contributed by atoms with E-state index in [1.165, 1.54) is 16.8 Å². The highest BCUT2D eigenvalue weighted by Gasteiger charge is 2.11. The van der Waals surface area contributed by atoms with Gasteiger partial charge in [0.25, 0.3) is 0 Å². The highest BCUT2D eigenvalue weighted by atomic mass is 15.1. The molecule has 0 heterocycles. The Labute approximate surface area is 128 Å². The molecule has 21 heavy (non-hydrogen) atoms.